The maximum Gasteiger partial charge on any atom is 0.229 e. The van der Waals surface area contributed by atoms with Gasteiger partial charge in [0.15, 0.2) is 5.82 Å². The SMILES string of the molecule is C=C(C)c1cc(Nc2ncc(Cl)c(Nc3ccccc3C)n2)c(OC(C)C)cc1CC.C=O.CC.CC.CC. The molecule has 3 aromatic rings. The Kier molecular flexibility index (Phi) is 20.9. The first-order chi connectivity index (χ1) is 18.8. The Morgan fingerprint density at radius 1 is 1.00 bits per heavy atom. The second kappa shape index (κ2) is 21.5. The van der Waals surface area contributed by atoms with Crippen LogP contribution in [0.2, 0.25) is 5.02 Å². The van der Waals surface area contributed by atoms with Crippen LogP contribution in [0.4, 0.5) is 23.1 Å². The lowest BCUT2D eigenvalue weighted by Gasteiger charge is -2.19. The van der Waals surface area contributed by atoms with Crippen molar-refractivity contribution in [2.75, 3.05) is 10.6 Å². The molecular formula is C32H49ClN4O2. The van der Waals surface area contributed by atoms with Gasteiger partial charge < -0.3 is 20.2 Å². The number of carbonyl (C=O) groups excluding carboxylic acids is 1. The van der Waals surface area contributed by atoms with Gasteiger partial charge in [0.25, 0.3) is 0 Å². The smallest absolute Gasteiger partial charge is 0.229 e. The number of rotatable bonds is 8. The van der Waals surface area contributed by atoms with E-state index in [0.717, 1.165) is 40.2 Å². The second-order valence-corrected chi connectivity index (χ2v) is 8.17. The third-order valence-electron chi connectivity index (χ3n) is 4.80. The maximum absolute atomic E-state index is 8.00. The fourth-order valence-corrected chi connectivity index (χ4v) is 3.38. The average molecular weight is 557 g/mol. The van der Waals surface area contributed by atoms with Gasteiger partial charge in [-0.15, -0.1) is 0 Å². The zero-order valence-electron chi connectivity index (χ0n) is 25.8. The summed E-state index contributed by atoms with van der Waals surface area (Å²) in [6.45, 7) is 28.3. The molecule has 0 unspecified atom stereocenters. The number of anilines is 4. The van der Waals surface area contributed by atoms with Crippen LogP contribution in [0.5, 0.6) is 5.75 Å². The number of nitrogens with one attached hydrogen (secondary N) is 2. The van der Waals surface area contributed by atoms with Crippen molar-refractivity contribution in [3.05, 3.63) is 70.9 Å². The number of hydrogen-bond donors (Lipinski definition) is 2. The molecule has 216 valence electrons. The van der Waals surface area contributed by atoms with Crippen molar-refractivity contribution in [2.24, 2.45) is 0 Å². The molecule has 1 aromatic heterocycles. The van der Waals surface area contributed by atoms with Crippen LogP contribution < -0.4 is 15.4 Å². The summed E-state index contributed by atoms with van der Waals surface area (Å²) in [5, 5.41) is 7.04. The Bertz CT molecular complexity index is 1120. The van der Waals surface area contributed by atoms with E-state index in [-0.39, 0.29) is 6.10 Å². The van der Waals surface area contributed by atoms with Gasteiger partial charge in [0.1, 0.15) is 17.6 Å². The van der Waals surface area contributed by atoms with Crippen LogP contribution in [0, 0.1) is 6.92 Å². The molecule has 6 nitrogen and oxygen atoms in total. The number of carbonyl (C=O) groups is 1. The molecule has 0 fully saturated rings. The Morgan fingerprint density at radius 2 is 1.59 bits per heavy atom. The molecule has 3 rings (SSSR count). The van der Waals surface area contributed by atoms with Crippen molar-refractivity contribution >= 4 is 47.1 Å². The fourth-order valence-electron chi connectivity index (χ4n) is 3.24. The lowest BCUT2D eigenvalue weighted by atomic mass is 9.98. The van der Waals surface area contributed by atoms with E-state index in [2.05, 4.69) is 40.2 Å². The van der Waals surface area contributed by atoms with E-state index in [1.54, 1.807) is 6.20 Å². The molecule has 7 heteroatoms. The van der Waals surface area contributed by atoms with E-state index < -0.39 is 0 Å². The molecule has 1 heterocycles. The highest BCUT2D eigenvalue weighted by atomic mass is 35.5. The normalized spacial score (nSPS) is 9.15. The zero-order valence-corrected chi connectivity index (χ0v) is 26.6. The van der Waals surface area contributed by atoms with E-state index in [9.17, 15) is 0 Å². The topological polar surface area (TPSA) is 76.1 Å². The van der Waals surface area contributed by atoms with E-state index in [0.29, 0.717) is 16.8 Å². The van der Waals surface area contributed by atoms with Gasteiger partial charge in [-0.25, -0.2) is 4.98 Å². The molecule has 0 aliphatic heterocycles. The number of nitrogens with zero attached hydrogens (tertiary/aromatic N) is 2. The van der Waals surface area contributed by atoms with Gasteiger partial charge in [0.2, 0.25) is 5.95 Å². The zero-order chi connectivity index (χ0) is 30.5. The van der Waals surface area contributed by atoms with Crippen LogP contribution in [0.15, 0.2) is 49.2 Å². The standard InChI is InChI=1S/C25H29ClN4O.3C2H6.CH2O/c1-7-18-12-23(31-16(4)5)22(13-19(18)15(2)3)29-25-27-14-20(26)24(30-25)28-21-11-9-8-10-17(21)6;4*1-2/h8-14,16H,2,7H2,1,3-6H3,(H2,27,28,29,30);3*1-2H3;1H2. The van der Waals surface area contributed by atoms with Crippen molar-refractivity contribution in [3.63, 3.8) is 0 Å². The molecular weight excluding hydrogens is 508 g/mol. The van der Waals surface area contributed by atoms with Crippen LogP contribution in [-0.4, -0.2) is 22.9 Å². The van der Waals surface area contributed by atoms with Gasteiger partial charge in [-0.1, -0.05) is 90.4 Å². The highest BCUT2D eigenvalue weighted by Gasteiger charge is 2.15. The summed E-state index contributed by atoms with van der Waals surface area (Å²) < 4.78 is 6.07. The van der Waals surface area contributed by atoms with Crippen molar-refractivity contribution in [1.82, 2.24) is 9.97 Å². The molecule has 0 saturated heterocycles. The third-order valence-corrected chi connectivity index (χ3v) is 5.07. The number of ether oxygens (including phenoxy) is 1. The van der Waals surface area contributed by atoms with E-state index >= 15 is 0 Å². The predicted molar refractivity (Wildman–Crippen MR) is 172 cm³/mol. The van der Waals surface area contributed by atoms with Crippen LogP contribution in [0.3, 0.4) is 0 Å². The summed E-state index contributed by atoms with van der Waals surface area (Å²) in [4.78, 5) is 17.0. The molecule has 0 atom stereocenters. The largest absolute Gasteiger partial charge is 0.489 e. The molecule has 0 aliphatic carbocycles. The molecule has 39 heavy (non-hydrogen) atoms. The number of halogens is 1. The quantitative estimate of drug-likeness (QED) is 0.287. The van der Waals surface area contributed by atoms with Crippen molar-refractivity contribution in [3.8, 4) is 5.75 Å². The molecule has 0 bridgehead atoms. The minimum atomic E-state index is 0.0327. The van der Waals surface area contributed by atoms with Crippen LogP contribution in [0.1, 0.15) is 85.9 Å². The van der Waals surface area contributed by atoms with Crippen molar-refractivity contribution < 1.29 is 9.53 Å². The minimum Gasteiger partial charge on any atom is -0.489 e. The summed E-state index contributed by atoms with van der Waals surface area (Å²) in [7, 11) is 0. The first-order valence-electron chi connectivity index (χ1n) is 13.7. The summed E-state index contributed by atoms with van der Waals surface area (Å²) in [5.74, 6) is 1.71. The number of aromatic nitrogens is 2. The van der Waals surface area contributed by atoms with E-state index in [1.165, 1.54) is 5.56 Å². The van der Waals surface area contributed by atoms with Gasteiger partial charge in [-0.3, -0.25) is 0 Å². The molecule has 2 aromatic carbocycles. The van der Waals surface area contributed by atoms with Crippen LogP contribution in [0.25, 0.3) is 5.57 Å². The van der Waals surface area contributed by atoms with Crippen LogP contribution in [-0.2, 0) is 11.2 Å². The van der Waals surface area contributed by atoms with Crippen molar-refractivity contribution in [2.45, 2.75) is 88.7 Å². The first-order valence-corrected chi connectivity index (χ1v) is 14.1. The summed E-state index contributed by atoms with van der Waals surface area (Å²) in [5.41, 5.74) is 6.10. The summed E-state index contributed by atoms with van der Waals surface area (Å²) in [6.07, 6.45) is 2.50. The fraction of sp³-hybridized carbons (Fsp3) is 0.406. The molecule has 0 radical (unpaired) electrons. The average Bonchev–Trinajstić information content (AvgIpc) is 2.96. The van der Waals surface area contributed by atoms with Gasteiger partial charge in [0, 0.05) is 5.69 Å². The highest BCUT2D eigenvalue weighted by Crippen LogP contribution is 2.35. The lowest BCUT2D eigenvalue weighted by molar-refractivity contribution is -0.0980. The molecule has 0 aliphatic rings. The van der Waals surface area contributed by atoms with Crippen LogP contribution >= 0.6 is 11.6 Å². The summed E-state index contributed by atoms with van der Waals surface area (Å²) in [6, 6.07) is 12.1. The van der Waals surface area contributed by atoms with Gasteiger partial charge in [-0.05, 0) is 69.0 Å². The van der Waals surface area contributed by atoms with E-state index in [1.807, 2.05) is 106 Å². The third kappa shape index (κ3) is 12.3. The van der Waals surface area contributed by atoms with E-state index in [4.69, 9.17) is 21.1 Å². The lowest BCUT2D eigenvalue weighted by Crippen LogP contribution is -2.10. The highest BCUT2D eigenvalue weighted by molar-refractivity contribution is 6.32. The number of allylic oxidation sites excluding steroid dienone is 1. The summed E-state index contributed by atoms with van der Waals surface area (Å²) >= 11 is 6.36. The Labute approximate surface area is 242 Å². The van der Waals surface area contributed by atoms with Gasteiger partial charge in [-0.2, -0.15) is 4.98 Å². The number of aryl methyl sites for hydroxylation is 2. The molecule has 2 N–H and O–H groups in total. The van der Waals surface area contributed by atoms with Gasteiger partial charge in [0.05, 0.1) is 18.0 Å². The number of benzene rings is 2. The Balaban J connectivity index is 0. The Morgan fingerprint density at radius 3 is 2.10 bits per heavy atom. The predicted octanol–water partition coefficient (Wildman–Crippen LogP) is 10.2. The minimum absolute atomic E-state index is 0.0327. The molecule has 0 spiro atoms. The second-order valence-electron chi connectivity index (χ2n) is 7.76. The van der Waals surface area contributed by atoms with Crippen molar-refractivity contribution in [1.29, 1.82) is 0 Å². The Hall–Kier alpha value is -3.38. The first kappa shape index (κ1) is 37.8. The number of hydrogen-bond acceptors (Lipinski definition) is 6. The maximum atomic E-state index is 8.00. The van der Waals surface area contributed by atoms with Gasteiger partial charge >= 0.3 is 0 Å². The number of para-hydroxylation sites is 1. The monoisotopic (exact) mass is 556 g/mol. The molecule has 0 amide bonds. The molecule has 0 saturated carbocycles.